The highest BCUT2D eigenvalue weighted by Crippen LogP contribution is 2.20. The molecule has 7 heteroatoms. The molecular weight excluding hydrogens is 308 g/mol. The molecule has 0 saturated carbocycles. The highest BCUT2D eigenvalue weighted by atomic mass is 16.5. The quantitative estimate of drug-likeness (QED) is 0.826. The number of carbonyl (C=O) groups excluding carboxylic acids is 1. The van der Waals surface area contributed by atoms with Crippen LogP contribution in [0.1, 0.15) is 12.8 Å². The van der Waals surface area contributed by atoms with Crippen LogP contribution in [0.5, 0.6) is 5.75 Å². The molecule has 0 bridgehead atoms. The molecule has 1 amide bonds. The Morgan fingerprint density at radius 2 is 1.92 bits per heavy atom. The number of amides is 1. The largest absolute Gasteiger partial charge is 0.497 e. The molecule has 1 saturated heterocycles. The topological polar surface area (TPSA) is 71.7 Å². The molecule has 0 spiro atoms. The Balaban J connectivity index is 1.60. The highest BCUT2D eigenvalue weighted by Gasteiger charge is 2.22. The van der Waals surface area contributed by atoms with Crippen LogP contribution in [0.2, 0.25) is 0 Å². The minimum absolute atomic E-state index is 0.0377. The molecule has 24 heavy (non-hydrogen) atoms. The number of hydrogen-bond donors (Lipinski definition) is 0. The predicted molar refractivity (Wildman–Crippen MR) is 88.7 cm³/mol. The number of rotatable bonds is 5. The van der Waals surface area contributed by atoms with Gasteiger partial charge in [0.15, 0.2) is 0 Å². The molecule has 7 nitrogen and oxygen atoms in total. The average molecular weight is 330 g/mol. The van der Waals surface area contributed by atoms with E-state index in [1.165, 1.54) is 0 Å². The molecule has 1 aromatic carbocycles. The van der Waals surface area contributed by atoms with Crippen molar-refractivity contribution in [1.82, 2.24) is 19.9 Å². The molecule has 3 rings (SSSR count). The van der Waals surface area contributed by atoms with Gasteiger partial charge >= 0.3 is 0 Å². The summed E-state index contributed by atoms with van der Waals surface area (Å²) in [5.74, 6) is 1.64. The Kier molecular flexibility index (Phi) is 5.10. The number of benzene rings is 1. The molecular formula is C17H22N4O3. The van der Waals surface area contributed by atoms with Gasteiger partial charge in [0.25, 0.3) is 0 Å². The van der Waals surface area contributed by atoms with Gasteiger partial charge in [-0.3, -0.25) is 4.79 Å². The Hall–Kier alpha value is -2.41. The van der Waals surface area contributed by atoms with Crippen molar-refractivity contribution in [2.24, 2.45) is 0 Å². The van der Waals surface area contributed by atoms with Crippen molar-refractivity contribution < 1.29 is 14.1 Å². The summed E-state index contributed by atoms with van der Waals surface area (Å²) in [5.41, 5.74) is 0.829. The van der Waals surface area contributed by atoms with E-state index < -0.39 is 0 Å². The first-order chi connectivity index (χ1) is 11.7. The van der Waals surface area contributed by atoms with Gasteiger partial charge in [0.05, 0.1) is 7.11 Å². The van der Waals surface area contributed by atoms with Gasteiger partial charge < -0.3 is 19.1 Å². The van der Waals surface area contributed by atoms with Crippen molar-refractivity contribution in [3.8, 4) is 17.1 Å². The van der Waals surface area contributed by atoms with Crippen molar-refractivity contribution in [2.75, 3.05) is 39.8 Å². The molecule has 1 aromatic heterocycles. The average Bonchev–Trinajstić information content (AvgIpc) is 3.10. The van der Waals surface area contributed by atoms with Crippen LogP contribution in [-0.4, -0.2) is 65.7 Å². The van der Waals surface area contributed by atoms with E-state index >= 15 is 0 Å². The van der Waals surface area contributed by atoms with Gasteiger partial charge in [-0.25, -0.2) is 0 Å². The second-order valence-corrected chi connectivity index (χ2v) is 5.73. The first-order valence-corrected chi connectivity index (χ1v) is 8.16. The Morgan fingerprint density at radius 1 is 1.21 bits per heavy atom. The fourth-order valence-corrected chi connectivity index (χ4v) is 2.74. The van der Waals surface area contributed by atoms with Crippen LogP contribution >= 0.6 is 0 Å². The first kappa shape index (κ1) is 16.4. The van der Waals surface area contributed by atoms with Crippen molar-refractivity contribution in [2.45, 2.75) is 13.3 Å². The van der Waals surface area contributed by atoms with Gasteiger partial charge in [-0.15, -0.1) is 0 Å². The number of piperazine rings is 1. The maximum Gasteiger partial charge on any atom is 0.236 e. The van der Waals surface area contributed by atoms with Crippen LogP contribution in [-0.2, 0) is 11.2 Å². The normalized spacial score (nSPS) is 15.5. The minimum atomic E-state index is 0.0377. The summed E-state index contributed by atoms with van der Waals surface area (Å²) in [6.07, 6.45) is 0.148. The molecule has 0 radical (unpaired) electrons. The van der Waals surface area contributed by atoms with E-state index in [4.69, 9.17) is 9.26 Å². The summed E-state index contributed by atoms with van der Waals surface area (Å²) in [6.45, 7) is 6.51. The van der Waals surface area contributed by atoms with E-state index in [1.807, 2.05) is 29.2 Å². The van der Waals surface area contributed by atoms with Crippen molar-refractivity contribution >= 4 is 5.91 Å². The third-order valence-corrected chi connectivity index (χ3v) is 4.29. The second kappa shape index (κ2) is 7.44. The van der Waals surface area contributed by atoms with E-state index in [9.17, 15) is 4.79 Å². The molecule has 1 aliphatic rings. The third kappa shape index (κ3) is 3.73. The third-order valence-electron chi connectivity index (χ3n) is 4.29. The van der Waals surface area contributed by atoms with Crippen LogP contribution in [0, 0.1) is 0 Å². The maximum atomic E-state index is 12.4. The number of hydrogen-bond acceptors (Lipinski definition) is 6. The summed E-state index contributed by atoms with van der Waals surface area (Å²) in [6, 6.07) is 7.39. The summed E-state index contributed by atoms with van der Waals surface area (Å²) >= 11 is 0. The predicted octanol–water partition coefficient (Wildman–Crippen LogP) is 1.45. The number of ether oxygens (including phenoxy) is 1. The lowest BCUT2D eigenvalue weighted by atomic mass is 10.2. The second-order valence-electron chi connectivity index (χ2n) is 5.73. The molecule has 0 aliphatic carbocycles. The Bertz CT molecular complexity index is 675. The highest BCUT2D eigenvalue weighted by molar-refractivity contribution is 5.78. The SMILES string of the molecule is CCN1CCN(C(=O)Cc2nc(-c3ccc(OC)cc3)no2)CC1. The monoisotopic (exact) mass is 330 g/mol. The molecule has 128 valence electrons. The van der Waals surface area contributed by atoms with Crippen molar-refractivity contribution in [3.05, 3.63) is 30.2 Å². The van der Waals surface area contributed by atoms with Gasteiger partial charge in [-0.1, -0.05) is 12.1 Å². The van der Waals surface area contributed by atoms with E-state index in [2.05, 4.69) is 22.0 Å². The molecule has 0 N–H and O–H groups in total. The summed E-state index contributed by atoms with van der Waals surface area (Å²) in [7, 11) is 1.62. The zero-order valence-corrected chi connectivity index (χ0v) is 14.1. The molecule has 0 unspecified atom stereocenters. The molecule has 2 heterocycles. The number of nitrogens with zero attached hydrogens (tertiary/aromatic N) is 4. The van der Waals surface area contributed by atoms with Gasteiger partial charge in [0.1, 0.15) is 12.2 Å². The molecule has 0 atom stereocenters. The minimum Gasteiger partial charge on any atom is -0.497 e. The zero-order valence-electron chi connectivity index (χ0n) is 14.1. The van der Waals surface area contributed by atoms with Crippen LogP contribution in [0.3, 0.4) is 0 Å². The molecule has 1 fully saturated rings. The fraction of sp³-hybridized carbons (Fsp3) is 0.471. The summed E-state index contributed by atoms with van der Waals surface area (Å²) < 4.78 is 10.4. The van der Waals surface area contributed by atoms with E-state index in [1.54, 1.807) is 7.11 Å². The van der Waals surface area contributed by atoms with E-state index in [0.29, 0.717) is 11.7 Å². The number of methoxy groups -OCH3 is 1. The van der Waals surface area contributed by atoms with Gasteiger partial charge in [0.2, 0.25) is 17.6 Å². The lowest BCUT2D eigenvalue weighted by molar-refractivity contribution is -0.132. The smallest absolute Gasteiger partial charge is 0.236 e. The lowest BCUT2D eigenvalue weighted by Crippen LogP contribution is -2.48. The number of aromatic nitrogens is 2. The number of carbonyl (C=O) groups is 1. The van der Waals surface area contributed by atoms with E-state index in [-0.39, 0.29) is 12.3 Å². The molecule has 2 aromatic rings. The maximum absolute atomic E-state index is 12.4. The van der Waals surface area contributed by atoms with Gasteiger partial charge in [-0.2, -0.15) is 4.98 Å². The standard InChI is InChI=1S/C17H22N4O3/c1-3-20-8-10-21(11-9-20)16(22)12-15-18-17(19-24-15)13-4-6-14(23-2)7-5-13/h4-7H,3,8-12H2,1-2H3. The Morgan fingerprint density at radius 3 is 2.54 bits per heavy atom. The van der Waals surface area contributed by atoms with Crippen molar-refractivity contribution in [1.29, 1.82) is 0 Å². The summed E-state index contributed by atoms with van der Waals surface area (Å²) in [5, 5.41) is 3.96. The Labute approximate surface area is 141 Å². The zero-order chi connectivity index (χ0) is 16.9. The number of likely N-dealkylation sites (N-methyl/N-ethyl adjacent to an activating group) is 1. The van der Waals surface area contributed by atoms with Crippen molar-refractivity contribution in [3.63, 3.8) is 0 Å². The van der Waals surface area contributed by atoms with Crippen LogP contribution < -0.4 is 4.74 Å². The lowest BCUT2D eigenvalue weighted by Gasteiger charge is -2.33. The van der Waals surface area contributed by atoms with E-state index in [0.717, 1.165) is 44.0 Å². The first-order valence-electron chi connectivity index (χ1n) is 8.16. The van der Waals surface area contributed by atoms with Gasteiger partial charge in [-0.05, 0) is 30.8 Å². The fourth-order valence-electron chi connectivity index (χ4n) is 2.74. The van der Waals surface area contributed by atoms with Crippen LogP contribution in [0.15, 0.2) is 28.8 Å². The van der Waals surface area contributed by atoms with Crippen LogP contribution in [0.4, 0.5) is 0 Å². The van der Waals surface area contributed by atoms with Gasteiger partial charge in [0, 0.05) is 31.7 Å². The summed E-state index contributed by atoms with van der Waals surface area (Å²) in [4.78, 5) is 20.9. The van der Waals surface area contributed by atoms with Crippen LogP contribution in [0.25, 0.3) is 11.4 Å². The molecule has 1 aliphatic heterocycles.